The molecule has 1 nitrogen and oxygen atoms in total. The van der Waals surface area contributed by atoms with E-state index in [1.54, 1.807) is 11.1 Å². The summed E-state index contributed by atoms with van der Waals surface area (Å²) in [5.74, 6) is 0.721. The number of hydrogen-bond donors (Lipinski definition) is 1. The van der Waals surface area contributed by atoms with Crippen LogP contribution < -0.4 is 5.32 Å². The average molecular weight is 303 g/mol. The molecule has 0 bridgehead atoms. The highest BCUT2D eigenvalue weighted by molar-refractivity contribution is 9.10. The Balaban J connectivity index is 0.000000963. The summed E-state index contributed by atoms with van der Waals surface area (Å²) in [6, 6.07) is 6.66. The second-order valence-electron chi connectivity index (χ2n) is 5.15. The Labute approximate surface area is 112 Å². The van der Waals surface area contributed by atoms with Crippen LogP contribution >= 0.6 is 28.3 Å². The third-order valence-electron chi connectivity index (χ3n) is 4.20. The van der Waals surface area contributed by atoms with Crippen LogP contribution in [0.4, 0.5) is 0 Å². The van der Waals surface area contributed by atoms with Crippen LogP contribution in [0.5, 0.6) is 0 Å². The summed E-state index contributed by atoms with van der Waals surface area (Å²) in [6.45, 7) is 4.77. The molecule has 1 aliphatic carbocycles. The molecule has 1 fully saturated rings. The van der Waals surface area contributed by atoms with Crippen molar-refractivity contribution >= 4 is 28.3 Å². The van der Waals surface area contributed by atoms with Gasteiger partial charge in [0.25, 0.3) is 0 Å². The average Bonchev–Trinajstić information content (AvgIpc) is 2.60. The van der Waals surface area contributed by atoms with Crippen LogP contribution in [0.1, 0.15) is 30.4 Å². The van der Waals surface area contributed by atoms with Crippen molar-refractivity contribution in [2.24, 2.45) is 5.41 Å². The topological polar surface area (TPSA) is 12.0 Å². The van der Waals surface area contributed by atoms with Gasteiger partial charge in [-0.05, 0) is 35.4 Å². The molecule has 2 aliphatic rings. The second-order valence-corrected chi connectivity index (χ2v) is 6.00. The standard InChI is InChI=1S/C13H16BrN.ClH/c1-13-6-5-10-9(3-2-4-12(10)14)11(13)7-15-8-13;/h2-4,11,15H,5-8H2,1H3;1H. The minimum Gasteiger partial charge on any atom is -0.316 e. The maximum atomic E-state index is 3.68. The third kappa shape index (κ3) is 1.71. The van der Waals surface area contributed by atoms with Crippen molar-refractivity contribution < 1.29 is 0 Å². The fourth-order valence-corrected chi connectivity index (χ4v) is 3.78. The monoisotopic (exact) mass is 301 g/mol. The molecule has 3 rings (SSSR count). The molecule has 1 aliphatic heterocycles. The van der Waals surface area contributed by atoms with Gasteiger partial charge in [-0.3, -0.25) is 0 Å². The molecule has 1 aromatic carbocycles. The lowest BCUT2D eigenvalue weighted by molar-refractivity contribution is 0.277. The predicted molar refractivity (Wildman–Crippen MR) is 73.4 cm³/mol. The minimum absolute atomic E-state index is 0. The van der Waals surface area contributed by atoms with Gasteiger partial charge in [-0.2, -0.15) is 0 Å². The zero-order valence-electron chi connectivity index (χ0n) is 9.42. The zero-order valence-corrected chi connectivity index (χ0v) is 11.8. The number of nitrogens with one attached hydrogen (secondary N) is 1. The van der Waals surface area contributed by atoms with E-state index >= 15 is 0 Å². The molecular formula is C13H17BrClN. The molecule has 3 heteroatoms. The Bertz CT molecular complexity index is 407. The van der Waals surface area contributed by atoms with Gasteiger partial charge >= 0.3 is 0 Å². The van der Waals surface area contributed by atoms with Crippen LogP contribution in [0, 0.1) is 5.41 Å². The quantitative estimate of drug-likeness (QED) is 0.773. The first kappa shape index (κ1) is 12.4. The molecule has 1 N–H and O–H groups in total. The van der Waals surface area contributed by atoms with E-state index in [0.717, 1.165) is 12.5 Å². The fraction of sp³-hybridized carbons (Fsp3) is 0.538. The zero-order chi connectivity index (χ0) is 10.5. The Morgan fingerprint density at radius 2 is 2.25 bits per heavy atom. The van der Waals surface area contributed by atoms with E-state index in [-0.39, 0.29) is 12.4 Å². The van der Waals surface area contributed by atoms with Crippen molar-refractivity contribution in [2.75, 3.05) is 13.1 Å². The molecule has 88 valence electrons. The van der Waals surface area contributed by atoms with Crippen LogP contribution in [0.15, 0.2) is 22.7 Å². The first-order chi connectivity index (χ1) is 7.21. The molecule has 1 heterocycles. The Morgan fingerprint density at radius 1 is 1.44 bits per heavy atom. The van der Waals surface area contributed by atoms with E-state index in [1.807, 2.05) is 0 Å². The molecule has 2 atom stereocenters. The maximum absolute atomic E-state index is 3.68. The lowest BCUT2D eigenvalue weighted by Gasteiger charge is -2.37. The number of fused-ring (bicyclic) bond motifs is 3. The van der Waals surface area contributed by atoms with Crippen molar-refractivity contribution in [1.29, 1.82) is 0 Å². The summed E-state index contributed by atoms with van der Waals surface area (Å²) in [7, 11) is 0. The summed E-state index contributed by atoms with van der Waals surface area (Å²) < 4.78 is 1.30. The fourth-order valence-electron chi connectivity index (χ4n) is 3.20. The summed E-state index contributed by atoms with van der Waals surface area (Å²) in [5, 5.41) is 3.55. The predicted octanol–water partition coefficient (Wildman–Crippen LogP) is 3.51. The molecule has 0 aromatic heterocycles. The molecule has 2 unspecified atom stereocenters. The summed E-state index contributed by atoms with van der Waals surface area (Å²) in [5.41, 5.74) is 3.61. The molecule has 16 heavy (non-hydrogen) atoms. The third-order valence-corrected chi connectivity index (χ3v) is 4.94. The lowest BCUT2D eigenvalue weighted by atomic mass is 9.67. The first-order valence-corrected chi connectivity index (χ1v) is 6.48. The number of rotatable bonds is 0. The van der Waals surface area contributed by atoms with Gasteiger partial charge in [-0.1, -0.05) is 35.0 Å². The maximum Gasteiger partial charge on any atom is 0.0210 e. The van der Waals surface area contributed by atoms with E-state index in [1.165, 1.54) is 23.9 Å². The molecule has 1 aromatic rings. The van der Waals surface area contributed by atoms with Crippen LogP contribution in [0.2, 0.25) is 0 Å². The number of halogens is 2. The summed E-state index contributed by atoms with van der Waals surface area (Å²) in [4.78, 5) is 0. The lowest BCUT2D eigenvalue weighted by Crippen LogP contribution is -2.30. The molecule has 0 amide bonds. The normalized spacial score (nSPS) is 31.5. The van der Waals surface area contributed by atoms with E-state index in [0.29, 0.717) is 5.41 Å². The molecule has 1 saturated heterocycles. The Hall–Kier alpha value is -0.0500. The molecule has 0 spiro atoms. The van der Waals surface area contributed by atoms with Crippen LogP contribution in [-0.4, -0.2) is 13.1 Å². The van der Waals surface area contributed by atoms with E-state index in [4.69, 9.17) is 0 Å². The Kier molecular flexibility index (Phi) is 3.35. The van der Waals surface area contributed by atoms with Gasteiger partial charge in [-0.25, -0.2) is 0 Å². The van der Waals surface area contributed by atoms with Crippen molar-refractivity contribution in [2.45, 2.75) is 25.7 Å². The summed E-state index contributed by atoms with van der Waals surface area (Å²) >= 11 is 3.68. The van der Waals surface area contributed by atoms with Crippen molar-refractivity contribution in [1.82, 2.24) is 5.32 Å². The van der Waals surface area contributed by atoms with Gasteiger partial charge in [0.05, 0.1) is 0 Å². The van der Waals surface area contributed by atoms with Crippen molar-refractivity contribution in [3.8, 4) is 0 Å². The SMILES string of the molecule is CC12CCc3c(Br)cccc3C1CNC2.Cl. The smallest absolute Gasteiger partial charge is 0.0210 e. The van der Waals surface area contributed by atoms with Gasteiger partial charge in [0.2, 0.25) is 0 Å². The highest BCUT2D eigenvalue weighted by Gasteiger charge is 2.43. The second kappa shape index (κ2) is 4.32. The van der Waals surface area contributed by atoms with Crippen molar-refractivity contribution in [3.63, 3.8) is 0 Å². The van der Waals surface area contributed by atoms with Gasteiger partial charge in [0.15, 0.2) is 0 Å². The van der Waals surface area contributed by atoms with Gasteiger partial charge in [0.1, 0.15) is 0 Å². The van der Waals surface area contributed by atoms with Crippen LogP contribution in [0.25, 0.3) is 0 Å². The van der Waals surface area contributed by atoms with Gasteiger partial charge in [0, 0.05) is 23.5 Å². The van der Waals surface area contributed by atoms with Crippen molar-refractivity contribution in [3.05, 3.63) is 33.8 Å². The van der Waals surface area contributed by atoms with E-state index in [9.17, 15) is 0 Å². The number of hydrogen-bond acceptors (Lipinski definition) is 1. The van der Waals surface area contributed by atoms with Gasteiger partial charge in [-0.15, -0.1) is 12.4 Å². The molecule has 0 radical (unpaired) electrons. The largest absolute Gasteiger partial charge is 0.316 e. The Morgan fingerprint density at radius 3 is 3.06 bits per heavy atom. The van der Waals surface area contributed by atoms with Gasteiger partial charge < -0.3 is 5.32 Å². The number of benzene rings is 1. The highest BCUT2D eigenvalue weighted by Crippen LogP contribution is 2.48. The van der Waals surface area contributed by atoms with Crippen LogP contribution in [0.3, 0.4) is 0 Å². The minimum atomic E-state index is 0. The first-order valence-electron chi connectivity index (χ1n) is 5.69. The van der Waals surface area contributed by atoms with E-state index in [2.05, 4.69) is 46.4 Å². The van der Waals surface area contributed by atoms with Crippen LogP contribution in [-0.2, 0) is 6.42 Å². The molecular weight excluding hydrogens is 286 g/mol. The van der Waals surface area contributed by atoms with E-state index < -0.39 is 0 Å². The highest BCUT2D eigenvalue weighted by atomic mass is 79.9. The summed E-state index contributed by atoms with van der Waals surface area (Å²) in [6.07, 6.45) is 2.55. The molecule has 0 saturated carbocycles.